The molecule has 2 aliphatic carbocycles. The molecule has 4 unspecified atom stereocenters. The van der Waals surface area contributed by atoms with Gasteiger partial charge in [0.2, 0.25) is 0 Å². The molecule has 3 N–H and O–H groups in total. The topological polar surface area (TPSA) is 69.9 Å². The van der Waals surface area contributed by atoms with Crippen molar-refractivity contribution in [2.45, 2.75) is 51.7 Å². The van der Waals surface area contributed by atoms with Crippen molar-refractivity contribution in [2.24, 2.45) is 16.7 Å². The third-order valence-electron chi connectivity index (χ3n) is 5.89. The van der Waals surface area contributed by atoms with E-state index in [4.69, 9.17) is 4.74 Å². The minimum Gasteiger partial charge on any atom is -0.393 e. The molecule has 2 rings (SSSR count). The first-order valence-electron chi connectivity index (χ1n) is 7.45. The molecule has 4 nitrogen and oxygen atoms in total. The molecular formula is C16H28O4. The molecule has 0 aliphatic heterocycles. The van der Waals surface area contributed by atoms with Crippen LogP contribution in [0.5, 0.6) is 0 Å². The van der Waals surface area contributed by atoms with Crippen LogP contribution >= 0.6 is 0 Å². The van der Waals surface area contributed by atoms with Crippen LogP contribution in [-0.4, -0.2) is 47.3 Å². The fraction of sp³-hybridized carbons (Fsp3) is 0.875. The van der Waals surface area contributed by atoms with Gasteiger partial charge < -0.3 is 20.1 Å². The molecule has 0 heterocycles. The van der Waals surface area contributed by atoms with Crippen LogP contribution in [-0.2, 0) is 4.74 Å². The standard InChI is InChI=1S/C16H28O4/c1-14(2)6-5-7-15(3)13(14)12(20-4)8-11(9-17)16(15,19)10-18/h8,12-13,17-19H,5-7,9-10H2,1-4H3. The molecule has 0 aromatic heterocycles. The fourth-order valence-corrected chi connectivity index (χ4v) is 4.82. The van der Waals surface area contributed by atoms with E-state index in [1.54, 1.807) is 7.11 Å². The predicted octanol–water partition coefficient (Wildman–Crippen LogP) is 1.49. The second-order valence-corrected chi connectivity index (χ2v) is 7.31. The van der Waals surface area contributed by atoms with Crippen LogP contribution in [0.3, 0.4) is 0 Å². The van der Waals surface area contributed by atoms with E-state index in [0.717, 1.165) is 19.3 Å². The van der Waals surface area contributed by atoms with Crippen molar-refractivity contribution in [2.75, 3.05) is 20.3 Å². The van der Waals surface area contributed by atoms with Gasteiger partial charge in [-0.1, -0.05) is 33.3 Å². The molecule has 1 fully saturated rings. The number of rotatable bonds is 3. The summed E-state index contributed by atoms with van der Waals surface area (Å²) >= 11 is 0. The minimum atomic E-state index is -1.36. The van der Waals surface area contributed by atoms with Crippen LogP contribution in [0.4, 0.5) is 0 Å². The summed E-state index contributed by atoms with van der Waals surface area (Å²) in [6.07, 6.45) is 4.60. The van der Waals surface area contributed by atoms with Gasteiger partial charge in [0.05, 0.1) is 19.3 Å². The largest absolute Gasteiger partial charge is 0.393 e. The molecule has 0 amide bonds. The third-order valence-corrected chi connectivity index (χ3v) is 5.89. The minimum absolute atomic E-state index is 0.0221. The van der Waals surface area contributed by atoms with E-state index in [1.165, 1.54) is 0 Å². The summed E-state index contributed by atoms with van der Waals surface area (Å²) in [6.45, 7) is 5.83. The first-order valence-corrected chi connectivity index (χ1v) is 7.45. The lowest BCUT2D eigenvalue weighted by molar-refractivity contribution is -0.192. The van der Waals surface area contributed by atoms with Crippen LogP contribution in [0, 0.1) is 16.7 Å². The van der Waals surface area contributed by atoms with Crippen LogP contribution in [0.1, 0.15) is 40.0 Å². The van der Waals surface area contributed by atoms with Crippen LogP contribution in [0.15, 0.2) is 11.6 Å². The number of hydrogen-bond acceptors (Lipinski definition) is 4. The lowest BCUT2D eigenvalue weighted by Crippen LogP contribution is -2.65. The Morgan fingerprint density at radius 3 is 2.40 bits per heavy atom. The zero-order valence-electron chi connectivity index (χ0n) is 13.0. The number of fused-ring (bicyclic) bond motifs is 1. The monoisotopic (exact) mass is 284 g/mol. The van der Waals surface area contributed by atoms with Gasteiger partial charge in [-0.05, 0) is 23.8 Å². The lowest BCUT2D eigenvalue weighted by Gasteiger charge is -2.61. The Bertz CT molecular complexity index is 403. The normalized spacial score (nSPS) is 43.9. The number of aliphatic hydroxyl groups excluding tert-OH is 2. The van der Waals surface area contributed by atoms with Crippen molar-refractivity contribution < 1.29 is 20.1 Å². The molecule has 0 aromatic rings. The highest BCUT2D eigenvalue weighted by Crippen LogP contribution is 2.61. The number of ether oxygens (including phenoxy) is 1. The van der Waals surface area contributed by atoms with Gasteiger partial charge in [-0.25, -0.2) is 0 Å². The molecule has 0 aromatic carbocycles. The number of methoxy groups -OCH3 is 1. The van der Waals surface area contributed by atoms with Gasteiger partial charge in [0.15, 0.2) is 0 Å². The van der Waals surface area contributed by atoms with Crippen LogP contribution in [0.2, 0.25) is 0 Å². The van der Waals surface area contributed by atoms with Crippen LogP contribution < -0.4 is 0 Å². The van der Waals surface area contributed by atoms with E-state index in [9.17, 15) is 15.3 Å². The summed E-state index contributed by atoms with van der Waals surface area (Å²) in [7, 11) is 1.67. The van der Waals surface area contributed by atoms with Crippen molar-refractivity contribution in [1.82, 2.24) is 0 Å². The van der Waals surface area contributed by atoms with Gasteiger partial charge >= 0.3 is 0 Å². The summed E-state index contributed by atoms with van der Waals surface area (Å²) in [5, 5.41) is 30.6. The van der Waals surface area contributed by atoms with E-state index in [2.05, 4.69) is 13.8 Å². The quantitative estimate of drug-likeness (QED) is 0.687. The maximum atomic E-state index is 11.1. The van der Waals surface area contributed by atoms with E-state index in [0.29, 0.717) is 5.57 Å². The van der Waals surface area contributed by atoms with Gasteiger partial charge in [-0.2, -0.15) is 0 Å². The van der Waals surface area contributed by atoms with E-state index >= 15 is 0 Å². The van der Waals surface area contributed by atoms with Gasteiger partial charge in [-0.15, -0.1) is 0 Å². The second-order valence-electron chi connectivity index (χ2n) is 7.31. The summed E-state index contributed by atoms with van der Waals surface area (Å²) in [5.41, 5.74) is -1.34. The van der Waals surface area contributed by atoms with Crippen molar-refractivity contribution >= 4 is 0 Å². The highest BCUT2D eigenvalue weighted by atomic mass is 16.5. The smallest absolute Gasteiger partial charge is 0.117 e. The zero-order valence-corrected chi connectivity index (χ0v) is 13.0. The van der Waals surface area contributed by atoms with Crippen LogP contribution in [0.25, 0.3) is 0 Å². The Morgan fingerprint density at radius 1 is 1.25 bits per heavy atom. The van der Waals surface area contributed by atoms with Gasteiger partial charge in [0.25, 0.3) is 0 Å². The fourth-order valence-electron chi connectivity index (χ4n) is 4.82. The van der Waals surface area contributed by atoms with E-state index in [-0.39, 0.29) is 30.7 Å². The van der Waals surface area contributed by atoms with E-state index < -0.39 is 11.0 Å². The molecule has 116 valence electrons. The molecule has 0 saturated heterocycles. The van der Waals surface area contributed by atoms with Crippen molar-refractivity contribution in [1.29, 1.82) is 0 Å². The first-order chi connectivity index (χ1) is 9.26. The Morgan fingerprint density at radius 2 is 1.90 bits per heavy atom. The molecule has 1 saturated carbocycles. The van der Waals surface area contributed by atoms with Gasteiger partial charge in [-0.3, -0.25) is 0 Å². The predicted molar refractivity (Wildman–Crippen MR) is 77.2 cm³/mol. The Labute approximate surface area is 121 Å². The number of aliphatic hydroxyl groups is 3. The molecule has 20 heavy (non-hydrogen) atoms. The van der Waals surface area contributed by atoms with Gasteiger partial charge in [0, 0.05) is 18.4 Å². The first kappa shape index (κ1) is 16.0. The van der Waals surface area contributed by atoms with Gasteiger partial charge in [0.1, 0.15) is 5.60 Å². The highest BCUT2D eigenvalue weighted by Gasteiger charge is 2.62. The second kappa shape index (κ2) is 5.09. The van der Waals surface area contributed by atoms with E-state index in [1.807, 2.05) is 13.0 Å². The Kier molecular flexibility index (Phi) is 4.06. The third kappa shape index (κ3) is 1.97. The molecule has 0 bridgehead atoms. The average Bonchev–Trinajstić information content (AvgIpc) is 2.39. The SMILES string of the molecule is COC1C=C(CO)C(O)(CO)C2(C)CCCC(C)(C)C12. The zero-order chi connectivity index (χ0) is 15.2. The average molecular weight is 284 g/mol. The summed E-state index contributed by atoms with van der Waals surface area (Å²) < 4.78 is 5.65. The Balaban J connectivity index is 2.61. The molecule has 2 aliphatic rings. The summed E-state index contributed by atoms with van der Waals surface area (Å²) in [6, 6.07) is 0. The Hall–Kier alpha value is -0.420. The molecule has 4 heteroatoms. The molecule has 0 radical (unpaired) electrons. The summed E-state index contributed by atoms with van der Waals surface area (Å²) in [5.74, 6) is 0.112. The molecule has 0 spiro atoms. The lowest BCUT2D eigenvalue weighted by atomic mass is 9.46. The highest BCUT2D eigenvalue weighted by molar-refractivity contribution is 5.32. The molecule has 4 atom stereocenters. The summed E-state index contributed by atoms with van der Waals surface area (Å²) in [4.78, 5) is 0. The number of hydrogen-bond donors (Lipinski definition) is 3. The maximum absolute atomic E-state index is 11.1. The molecular weight excluding hydrogens is 256 g/mol. The van der Waals surface area contributed by atoms with Crippen molar-refractivity contribution in [3.05, 3.63) is 11.6 Å². The maximum Gasteiger partial charge on any atom is 0.117 e. The van der Waals surface area contributed by atoms with Crippen molar-refractivity contribution in [3.8, 4) is 0 Å². The van der Waals surface area contributed by atoms with Crippen molar-refractivity contribution in [3.63, 3.8) is 0 Å².